The minimum atomic E-state index is -0.132. The number of methoxy groups -OCH3 is 1. The van der Waals surface area contributed by atoms with Gasteiger partial charge < -0.3 is 15.0 Å². The quantitative estimate of drug-likeness (QED) is 0.564. The van der Waals surface area contributed by atoms with Crippen molar-refractivity contribution < 1.29 is 14.3 Å². The molecule has 176 valence electrons. The van der Waals surface area contributed by atoms with Gasteiger partial charge in [-0.3, -0.25) is 9.59 Å². The van der Waals surface area contributed by atoms with Crippen molar-refractivity contribution in [2.45, 2.75) is 33.2 Å². The third-order valence-electron chi connectivity index (χ3n) is 6.91. The first-order valence-corrected chi connectivity index (χ1v) is 12.5. The average Bonchev–Trinajstić information content (AvgIpc) is 3.33. The Morgan fingerprint density at radius 1 is 1.18 bits per heavy atom. The first-order valence-electron chi connectivity index (χ1n) is 11.6. The summed E-state index contributed by atoms with van der Waals surface area (Å²) in [6.45, 7) is 7.09. The topological polar surface area (TPSA) is 71.5 Å². The van der Waals surface area contributed by atoms with Gasteiger partial charge in [-0.05, 0) is 68.4 Å². The smallest absolute Gasteiger partial charge is 0.274 e. The van der Waals surface area contributed by atoms with Crippen molar-refractivity contribution in [2.75, 3.05) is 20.2 Å². The molecule has 1 N–H and O–H groups in total. The van der Waals surface area contributed by atoms with Crippen LogP contribution in [-0.2, 0) is 0 Å². The third-order valence-corrected chi connectivity index (χ3v) is 7.93. The molecule has 1 aliphatic heterocycles. The van der Waals surface area contributed by atoms with Crippen LogP contribution in [0, 0.1) is 32.6 Å². The minimum Gasteiger partial charge on any atom is -0.496 e. The number of ether oxygens (including phenoxy) is 1. The lowest BCUT2D eigenvalue weighted by Crippen LogP contribution is -2.45. The summed E-state index contributed by atoms with van der Waals surface area (Å²) in [7, 11) is 1.62. The number of aryl methyl sites for hydroxylation is 3. The molecule has 1 unspecified atom stereocenters. The number of hydrogen-bond acceptors (Lipinski definition) is 5. The van der Waals surface area contributed by atoms with E-state index in [1.54, 1.807) is 24.5 Å². The summed E-state index contributed by atoms with van der Waals surface area (Å²) in [6, 6.07) is 13.6. The van der Waals surface area contributed by atoms with Crippen LogP contribution >= 0.6 is 11.3 Å². The highest BCUT2D eigenvalue weighted by molar-refractivity contribution is 7.15. The van der Waals surface area contributed by atoms with E-state index in [0.717, 1.165) is 45.3 Å². The maximum absolute atomic E-state index is 13.7. The number of fused-ring (bicyclic) bond motifs is 1. The van der Waals surface area contributed by atoms with Gasteiger partial charge in [-0.2, -0.15) is 0 Å². The van der Waals surface area contributed by atoms with Crippen molar-refractivity contribution in [3.8, 4) is 16.2 Å². The number of carbonyl (C=O) groups excluding carboxylic acids is 2. The van der Waals surface area contributed by atoms with Crippen molar-refractivity contribution in [1.29, 1.82) is 0 Å². The fraction of sp³-hybridized carbons (Fsp3) is 0.370. The molecule has 2 aliphatic rings. The van der Waals surface area contributed by atoms with Gasteiger partial charge in [-0.1, -0.05) is 29.8 Å². The predicted octanol–water partition coefficient (Wildman–Crippen LogP) is 4.63. The summed E-state index contributed by atoms with van der Waals surface area (Å²) in [5.41, 5.74) is 4.21. The molecule has 1 aliphatic carbocycles. The van der Waals surface area contributed by atoms with Gasteiger partial charge in [0.1, 0.15) is 11.4 Å². The van der Waals surface area contributed by atoms with Crippen LogP contribution in [-0.4, -0.2) is 47.9 Å². The van der Waals surface area contributed by atoms with E-state index in [9.17, 15) is 9.59 Å². The van der Waals surface area contributed by atoms with E-state index >= 15 is 0 Å². The first-order chi connectivity index (χ1) is 16.4. The van der Waals surface area contributed by atoms with Crippen molar-refractivity contribution >= 4 is 23.2 Å². The second kappa shape index (κ2) is 8.87. The van der Waals surface area contributed by atoms with Gasteiger partial charge in [-0.15, -0.1) is 11.3 Å². The van der Waals surface area contributed by atoms with E-state index in [0.29, 0.717) is 29.6 Å². The molecule has 2 amide bonds. The molecule has 3 aromatic rings. The highest BCUT2D eigenvalue weighted by Crippen LogP contribution is 2.50. The van der Waals surface area contributed by atoms with Gasteiger partial charge in [-0.25, -0.2) is 4.98 Å². The van der Waals surface area contributed by atoms with Crippen LogP contribution < -0.4 is 10.1 Å². The Bertz CT molecular complexity index is 1270. The van der Waals surface area contributed by atoms with E-state index in [4.69, 9.17) is 4.74 Å². The van der Waals surface area contributed by atoms with Gasteiger partial charge in [0, 0.05) is 18.7 Å². The Balaban J connectivity index is 1.33. The Hall–Kier alpha value is -3.19. The van der Waals surface area contributed by atoms with Crippen LogP contribution in [0.15, 0.2) is 42.5 Å². The van der Waals surface area contributed by atoms with Crippen LogP contribution in [0.2, 0.25) is 0 Å². The number of amides is 2. The summed E-state index contributed by atoms with van der Waals surface area (Å²) in [5, 5.41) is 3.95. The Morgan fingerprint density at radius 2 is 2.00 bits per heavy atom. The van der Waals surface area contributed by atoms with E-state index in [1.165, 1.54) is 0 Å². The van der Waals surface area contributed by atoms with Gasteiger partial charge in [0.05, 0.1) is 23.0 Å². The molecule has 2 aromatic carbocycles. The number of benzene rings is 2. The Morgan fingerprint density at radius 3 is 2.74 bits per heavy atom. The zero-order valence-electron chi connectivity index (χ0n) is 19.9. The van der Waals surface area contributed by atoms with Gasteiger partial charge in [0.15, 0.2) is 0 Å². The standard InChI is InChI=1S/C27H29N3O3S/c1-15-6-5-7-18(10-15)25-24(29-17(3)34-25)27(32)30-14-20-12-21(20)22(30)13-28-26(31)19-8-9-23(33-4)16(2)11-19/h5-11,20-22H,12-14H2,1-4H3,(H,28,31)/t20-,21?,22+/m0/s1. The van der Waals surface area contributed by atoms with Crippen molar-refractivity contribution in [2.24, 2.45) is 11.8 Å². The number of piperidine rings is 1. The zero-order valence-corrected chi connectivity index (χ0v) is 20.7. The minimum absolute atomic E-state index is 0.00633. The third kappa shape index (κ3) is 4.20. The molecule has 7 heteroatoms. The molecular formula is C27H29N3O3S. The molecule has 34 heavy (non-hydrogen) atoms. The van der Waals surface area contributed by atoms with E-state index < -0.39 is 0 Å². The summed E-state index contributed by atoms with van der Waals surface area (Å²) in [5.74, 6) is 1.56. The number of thiazole rings is 1. The summed E-state index contributed by atoms with van der Waals surface area (Å²) in [4.78, 5) is 34.0. The Labute approximate surface area is 204 Å². The van der Waals surface area contributed by atoms with Crippen LogP contribution in [0.1, 0.15) is 43.4 Å². The van der Waals surface area contributed by atoms with Crippen LogP contribution in [0.3, 0.4) is 0 Å². The Kier molecular flexibility index (Phi) is 5.90. The van der Waals surface area contributed by atoms with Crippen molar-refractivity contribution in [3.63, 3.8) is 0 Å². The molecular weight excluding hydrogens is 446 g/mol. The van der Waals surface area contributed by atoms with E-state index in [2.05, 4.69) is 29.4 Å². The molecule has 6 nitrogen and oxygen atoms in total. The number of nitrogens with zero attached hydrogens (tertiary/aromatic N) is 2. The summed E-state index contributed by atoms with van der Waals surface area (Å²) >= 11 is 1.56. The number of rotatable bonds is 6. The van der Waals surface area contributed by atoms with Crippen molar-refractivity contribution in [1.82, 2.24) is 15.2 Å². The maximum Gasteiger partial charge on any atom is 0.274 e. The normalized spacial score (nSPS) is 20.7. The number of aromatic nitrogens is 1. The molecule has 3 atom stereocenters. The highest BCUT2D eigenvalue weighted by atomic mass is 32.1. The van der Waals surface area contributed by atoms with E-state index in [1.807, 2.05) is 43.0 Å². The molecule has 5 rings (SSSR count). The predicted molar refractivity (Wildman–Crippen MR) is 134 cm³/mol. The molecule has 2 fully saturated rings. The summed E-state index contributed by atoms with van der Waals surface area (Å²) < 4.78 is 5.29. The molecule has 0 spiro atoms. The highest BCUT2D eigenvalue weighted by Gasteiger charge is 2.54. The van der Waals surface area contributed by atoms with Crippen LogP contribution in [0.5, 0.6) is 5.75 Å². The SMILES string of the molecule is COc1ccc(C(=O)NC[C@@H]2C3C[C@H]3CN2C(=O)c2nc(C)sc2-c2cccc(C)c2)cc1C. The van der Waals surface area contributed by atoms with Crippen LogP contribution in [0.25, 0.3) is 10.4 Å². The second-order valence-electron chi connectivity index (χ2n) is 9.36. The lowest BCUT2D eigenvalue weighted by molar-refractivity contribution is 0.0690. The lowest BCUT2D eigenvalue weighted by Gasteiger charge is -2.27. The zero-order chi connectivity index (χ0) is 24.0. The van der Waals surface area contributed by atoms with Gasteiger partial charge >= 0.3 is 0 Å². The summed E-state index contributed by atoms with van der Waals surface area (Å²) in [6.07, 6.45) is 1.12. The number of carbonyl (C=O) groups is 2. The van der Waals surface area contributed by atoms with Crippen molar-refractivity contribution in [3.05, 3.63) is 69.9 Å². The number of hydrogen-bond donors (Lipinski definition) is 1. The monoisotopic (exact) mass is 475 g/mol. The maximum atomic E-state index is 13.7. The number of nitrogens with one attached hydrogen (secondary N) is 1. The molecule has 2 heterocycles. The molecule has 1 aromatic heterocycles. The van der Waals surface area contributed by atoms with E-state index in [-0.39, 0.29) is 17.9 Å². The van der Waals surface area contributed by atoms with Crippen LogP contribution in [0.4, 0.5) is 0 Å². The fourth-order valence-corrected chi connectivity index (χ4v) is 5.98. The van der Waals surface area contributed by atoms with Gasteiger partial charge in [0.2, 0.25) is 0 Å². The first kappa shape index (κ1) is 22.6. The fourth-order valence-electron chi connectivity index (χ4n) is 5.08. The number of likely N-dealkylation sites (tertiary alicyclic amines) is 1. The molecule has 1 saturated heterocycles. The second-order valence-corrected chi connectivity index (χ2v) is 10.6. The lowest BCUT2D eigenvalue weighted by atomic mass is 10.1. The van der Waals surface area contributed by atoms with Gasteiger partial charge in [0.25, 0.3) is 11.8 Å². The molecule has 0 radical (unpaired) electrons. The average molecular weight is 476 g/mol. The largest absolute Gasteiger partial charge is 0.496 e. The molecule has 1 saturated carbocycles. The molecule has 0 bridgehead atoms.